The van der Waals surface area contributed by atoms with Gasteiger partial charge in [0.2, 0.25) is 11.8 Å². The Morgan fingerprint density at radius 3 is 2.30 bits per heavy atom. The van der Waals surface area contributed by atoms with E-state index in [1.807, 2.05) is 48.5 Å². The van der Waals surface area contributed by atoms with Crippen LogP contribution in [-0.2, 0) is 21.9 Å². The highest BCUT2D eigenvalue weighted by atomic mass is 79.9. The van der Waals surface area contributed by atoms with Gasteiger partial charge in [-0.3, -0.25) is 9.59 Å². The Labute approximate surface area is 177 Å². The molecular weight excluding hydrogens is 448 g/mol. The molecule has 2 rings (SSSR count). The van der Waals surface area contributed by atoms with E-state index in [4.69, 9.17) is 11.6 Å². The van der Waals surface area contributed by atoms with Gasteiger partial charge < -0.3 is 10.2 Å². The summed E-state index contributed by atoms with van der Waals surface area (Å²) in [6.07, 6.45) is 0. The van der Waals surface area contributed by atoms with Crippen LogP contribution >= 0.6 is 39.3 Å². The van der Waals surface area contributed by atoms with Gasteiger partial charge in [-0.1, -0.05) is 51.8 Å². The van der Waals surface area contributed by atoms with E-state index in [0.717, 1.165) is 15.6 Å². The summed E-state index contributed by atoms with van der Waals surface area (Å²) in [6, 6.07) is 14.8. The predicted octanol–water partition coefficient (Wildman–Crippen LogP) is 4.50. The quantitative estimate of drug-likeness (QED) is 0.619. The minimum atomic E-state index is -0.540. The summed E-state index contributed by atoms with van der Waals surface area (Å²) < 4.78 is 0.974. The van der Waals surface area contributed by atoms with Gasteiger partial charge in [0.15, 0.2) is 0 Å². The lowest BCUT2D eigenvalue weighted by Crippen LogP contribution is -2.47. The number of nitrogens with one attached hydrogen (secondary N) is 1. The molecule has 7 heteroatoms. The minimum absolute atomic E-state index is 0.0621. The highest BCUT2D eigenvalue weighted by molar-refractivity contribution is 9.10. The van der Waals surface area contributed by atoms with Gasteiger partial charge in [0, 0.05) is 28.8 Å². The fourth-order valence-corrected chi connectivity index (χ4v) is 3.76. The highest BCUT2D eigenvalue weighted by Gasteiger charge is 2.25. The Balaban J connectivity index is 2.02. The number of carbonyl (C=O) groups excluding carboxylic acids is 2. The van der Waals surface area contributed by atoms with Gasteiger partial charge in [-0.2, -0.15) is 0 Å². The Bertz CT molecular complexity index is 769. The largest absolute Gasteiger partial charge is 0.357 e. The molecule has 0 aromatic heterocycles. The first-order valence-corrected chi connectivity index (χ1v) is 10.8. The van der Waals surface area contributed by atoms with Crippen molar-refractivity contribution >= 4 is 51.1 Å². The Hall–Kier alpha value is -1.50. The lowest BCUT2D eigenvalue weighted by molar-refractivity contribution is -0.138. The van der Waals surface area contributed by atoms with Crippen molar-refractivity contribution in [1.82, 2.24) is 10.2 Å². The van der Waals surface area contributed by atoms with E-state index in [2.05, 4.69) is 21.2 Å². The molecular formula is C20H22BrClN2O2S. The molecule has 0 spiro atoms. The molecule has 0 radical (unpaired) electrons. The molecule has 0 fully saturated rings. The lowest BCUT2D eigenvalue weighted by atomic mass is 10.1. The zero-order valence-corrected chi connectivity index (χ0v) is 18.4. The van der Waals surface area contributed by atoms with Gasteiger partial charge in [0.05, 0.1) is 5.75 Å². The van der Waals surface area contributed by atoms with Crippen molar-refractivity contribution in [1.29, 1.82) is 0 Å². The maximum Gasteiger partial charge on any atom is 0.242 e. The summed E-state index contributed by atoms with van der Waals surface area (Å²) in [5.41, 5.74) is 2.08. The van der Waals surface area contributed by atoms with E-state index in [1.54, 1.807) is 18.9 Å². The Morgan fingerprint density at radius 2 is 1.70 bits per heavy atom. The maximum absolute atomic E-state index is 12.8. The number of amides is 2. The van der Waals surface area contributed by atoms with Crippen molar-refractivity contribution in [2.45, 2.75) is 25.3 Å². The Morgan fingerprint density at radius 1 is 1.11 bits per heavy atom. The van der Waals surface area contributed by atoms with Crippen LogP contribution in [0.15, 0.2) is 53.0 Å². The van der Waals surface area contributed by atoms with Crippen LogP contribution in [-0.4, -0.2) is 35.6 Å². The van der Waals surface area contributed by atoms with E-state index >= 15 is 0 Å². The normalized spacial score (nSPS) is 11.7. The molecule has 27 heavy (non-hydrogen) atoms. The standard InChI is InChI=1S/C20H22BrClN2O2S/c1-14(20(26)23-2)24(11-15-3-7-17(21)8-4-15)19(25)13-27-12-16-5-9-18(22)10-6-16/h3-10,14H,11-13H2,1-2H3,(H,23,26)/t14-/m0/s1. The first kappa shape index (κ1) is 21.8. The topological polar surface area (TPSA) is 49.4 Å². The average Bonchev–Trinajstić information content (AvgIpc) is 2.67. The van der Waals surface area contributed by atoms with E-state index in [1.165, 1.54) is 11.8 Å². The van der Waals surface area contributed by atoms with Gasteiger partial charge in [-0.05, 0) is 42.3 Å². The van der Waals surface area contributed by atoms with Crippen LogP contribution in [0.25, 0.3) is 0 Å². The minimum Gasteiger partial charge on any atom is -0.357 e. The third-order valence-corrected chi connectivity index (χ3v) is 5.86. The van der Waals surface area contributed by atoms with Crippen LogP contribution in [0.2, 0.25) is 5.02 Å². The fraction of sp³-hybridized carbons (Fsp3) is 0.300. The smallest absolute Gasteiger partial charge is 0.242 e. The lowest BCUT2D eigenvalue weighted by Gasteiger charge is -2.28. The monoisotopic (exact) mass is 468 g/mol. The molecule has 0 aliphatic heterocycles. The Kier molecular flexibility index (Phi) is 8.67. The van der Waals surface area contributed by atoms with Gasteiger partial charge in [0.25, 0.3) is 0 Å². The van der Waals surface area contributed by atoms with Gasteiger partial charge >= 0.3 is 0 Å². The second-order valence-electron chi connectivity index (χ2n) is 6.06. The maximum atomic E-state index is 12.8. The van der Waals surface area contributed by atoms with Crippen molar-refractivity contribution in [3.63, 3.8) is 0 Å². The summed E-state index contributed by atoms with van der Waals surface area (Å²) in [5.74, 6) is 0.778. The second kappa shape index (κ2) is 10.7. The summed E-state index contributed by atoms with van der Waals surface area (Å²) in [7, 11) is 1.58. The number of rotatable bonds is 8. The van der Waals surface area contributed by atoms with Crippen molar-refractivity contribution in [2.75, 3.05) is 12.8 Å². The zero-order chi connectivity index (χ0) is 19.8. The number of hydrogen-bond acceptors (Lipinski definition) is 3. The molecule has 0 bridgehead atoms. The fourth-order valence-electron chi connectivity index (χ4n) is 2.50. The molecule has 2 aromatic rings. The van der Waals surface area contributed by atoms with E-state index in [-0.39, 0.29) is 11.8 Å². The number of carbonyl (C=O) groups is 2. The summed E-state index contributed by atoms with van der Waals surface area (Å²) in [6.45, 7) is 2.14. The molecule has 0 aliphatic rings. The summed E-state index contributed by atoms with van der Waals surface area (Å²) in [4.78, 5) is 26.5. The van der Waals surface area contributed by atoms with Crippen molar-refractivity contribution in [2.24, 2.45) is 0 Å². The number of benzene rings is 2. The third-order valence-electron chi connectivity index (χ3n) is 4.09. The number of halogens is 2. The molecule has 0 heterocycles. The molecule has 0 saturated heterocycles. The van der Waals surface area contributed by atoms with E-state index in [9.17, 15) is 9.59 Å². The van der Waals surface area contributed by atoms with Crippen LogP contribution in [0.4, 0.5) is 0 Å². The number of hydrogen-bond donors (Lipinski definition) is 1. The van der Waals surface area contributed by atoms with E-state index < -0.39 is 6.04 Å². The summed E-state index contributed by atoms with van der Waals surface area (Å²) in [5, 5.41) is 3.32. The molecule has 0 aliphatic carbocycles. The highest BCUT2D eigenvalue weighted by Crippen LogP contribution is 2.18. The van der Waals surface area contributed by atoms with Gasteiger partial charge in [0.1, 0.15) is 6.04 Å². The van der Waals surface area contributed by atoms with E-state index in [0.29, 0.717) is 23.1 Å². The van der Waals surface area contributed by atoms with Crippen molar-refractivity contribution in [3.8, 4) is 0 Å². The molecule has 2 aromatic carbocycles. The molecule has 0 saturated carbocycles. The molecule has 2 amide bonds. The number of likely N-dealkylation sites (N-methyl/N-ethyl adjacent to an activating group) is 1. The van der Waals surface area contributed by atoms with Crippen LogP contribution < -0.4 is 5.32 Å². The van der Waals surface area contributed by atoms with Crippen LogP contribution in [0.3, 0.4) is 0 Å². The van der Waals surface area contributed by atoms with Crippen molar-refractivity contribution < 1.29 is 9.59 Å². The average molecular weight is 470 g/mol. The number of nitrogens with zero attached hydrogens (tertiary/aromatic N) is 1. The zero-order valence-electron chi connectivity index (χ0n) is 15.2. The van der Waals surface area contributed by atoms with Crippen LogP contribution in [0.5, 0.6) is 0 Å². The first-order chi connectivity index (χ1) is 12.9. The predicted molar refractivity (Wildman–Crippen MR) is 116 cm³/mol. The molecule has 1 atom stereocenters. The van der Waals surface area contributed by atoms with Gasteiger partial charge in [-0.25, -0.2) is 0 Å². The molecule has 144 valence electrons. The summed E-state index contributed by atoms with van der Waals surface area (Å²) >= 11 is 10.8. The molecule has 1 N–H and O–H groups in total. The van der Waals surface area contributed by atoms with Crippen LogP contribution in [0.1, 0.15) is 18.1 Å². The second-order valence-corrected chi connectivity index (χ2v) is 8.40. The molecule has 4 nitrogen and oxygen atoms in total. The molecule has 0 unspecified atom stereocenters. The van der Waals surface area contributed by atoms with Gasteiger partial charge in [-0.15, -0.1) is 11.8 Å². The number of thioether (sulfide) groups is 1. The van der Waals surface area contributed by atoms with Crippen molar-refractivity contribution in [3.05, 3.63) is 69.2 Å². The van der Waals surface area contributed by atoms with Crippen LogP contribution in [0, 0.1) is 0 Å². The third kappa shape index (κ3) is 6.87. The SMILES string of the molecule is CNC(=O)[C@H](C)N(Cc1ccc(Br)cc1)C(=O)CSCc1ccc(Cl)cc1. The first-order valence-electron chi connectivity index (χ1n) is 8.48.